The second-order valence-corrected chi connectivity index (χ2v) is 7.49. The Balaban J connectivity index is 1.77. The summed E-state index contributed by atoms with van der Waals surface area (Å²) in [5, 5.41) is 0.297. The van der Waals surface area contributed by atoms with Gasteiger partial charge in [0.1, 0.15) is 17.1 Å². The summed E-state index contributed by atoms with van der Waals surface area (Å²) in [4.78, 5) is 19.1. The molecule has 2 heterocycles. The number of anilines is 1. The van der Waals surface area contributed by atoms with Gasteiger partial charge in [-0.05, 0) is 31.0 Å². The standard InChI is InChI=1S/C20H18F2N2O3S/c1-26-16-7-3-2-6-14(16)19(25)24(11-13-5-4-8-27-13)20-23-18-15(22)9-12(21)10-17(18)28-20/h2-3,6-7,9-10,13H,4-5,8,11H2,1H3. The fourth-order valence-corrected chi connectivity index (χ4v) is 4.28. The van der Waals surface area contributed by atoms with Gasteiger partial charge < -0.3 is 9.47 Å². The number of amides is 1. The van der Waals surface area contributed by atoms with Gasteiger partial charge in [0.25, 0.3) is 5.91 Å². The number of rotatable bonds is 5. The fourth-order valence-electron chi connectivity index (χ4n) is 3.27. The molecule has 1 amide bonds. The van der Waals surface area contributed by atoms with E-state index in [1.165, 1.54) is 18.1 Å². The number of nitrogens with zero attached hydrogens (tertiary/aromatic N) is 2. The van der Waals surface area contributed by atoms with Gasteiger partial charge in [0.05, 0.1) is 30.0 Å². The van der Waals surface area contributed by atoms with Crippen LogP contribution in [0.25, 0.3) is 10.2 Å². The molecule has 28 heavy (non-hydrogen) atoms. The van der Waals surface area contributed by atoms with Crippen molar-refractivity contribution in [1.29, 1.82) is 0 Å². The molecule has 0 N–H and O–H groups in total. The number of aromatic nitrogens is 1. The molecule has 0 saturated carbocycles. The Morgan fingerprint density at radius 3 is 2.93 bits per heavy atom. The summed E-state index contributed by atoms with van der Waals surface area (Å²) in [6.07, 6.45) is 1.61. The monoisotopic (exact) mass is 404 g/mol. The van der Waals surface area contributed by atoms with Crippen molar-refractivity contribution in [2.24, 2.45) is 0 Å². The Kier molecular flexibility index (Phi) is 5.23. The van der Waals surface area contributed by atoms with Crippen LogP contribution >= 0.6 is 11.3 Å². The van der Waals surface area contributed by atoms with Crippen molar-refractivity contribution in [2.75, 3.05) is 25.2 Å². The molecule has 146 valence electrons. The van der Waals surface area contributed by atoms with Crippen LogP contribution in [0.15, 0.2) is 36.4 Å². The van der Waals surface area contributed by atoms with E-state index < -0.39 is 11.6 Å². The van der Waals surface area contributed by atoms with Crippen LogP contribution in [0, 0.1) is 11.6 Å². The molecule has 0 bridgehead atoms. The van der Waals surface area contributed by atoms with E-state index in [1.54, 1.807) is 24.3 Å². The van der Waals surface area contributed by atoms with Gasteiger partial charge in [-0.1, -0.05) is 23.5 Å². The average molecular weight is 404 g/mol. The van der Waals surface area contributed by atoms with Crippen LogP contribution < -0.4 is 9.64 Å². The summed E-state index contributed by atoms with van der Waals surface area (Å²) in [5.74, 6) is -1.32. The molecule has 0 spiro atoms. The second-order valence-electron chi connectivity index (χ2n) is 6.48. The zero-order chi connectivity index (χ0) is 19.7. The minimum Gasteiger partial charge on any atom is -0.496 e. The predicted molar refractivity (Wildman–Crippen MR) is 103 cm³/mol. The van der Waals surface area contributed by atoms with E-state index in [-0.39, 0.29) is 24.1 Å². The molecule has 1 aromatic heterocycles. The lowest BCUT2D eigenvalue weighted by atomic mass is 10.1. The van der Waals surface area contributed by atoms with Crippen molar-refractivity contribution >= 4 is 32.6 Å². The number of hydrogen-bond acceptors (Lipinski definition) is 5. The van der Waals surface area contributed by atoms with Gasteiger partial charge in [-0.25, -0.2) is 13.8 Å². The number of carbonyl (C=O) groups is 1. The van der Waals surface area contributed by atoms with Crippen molar-refractivity contribution in [3.63, 3.8) is 0 Å². The second kappa shape index (κ2) is 7.81. The number of halogens is 2. The summed E-state index contributed by atoms with van der Waals surface area (Å²) in [5.41, 5.74) is 0.417. The third-order valence-corrected chi connectivity index (χ3v) is 5.65. The molecule has 1 fully saturated rings. The summed E-state index contributed by atoms with van der Waals surface area (Å²) >= 11 is 1.07. The minimum absolute atomic E-state index is 0.0477. The molecule has 1 aliphatic rings. The molecular weight excluding hydrogens is 386 g/mol. The van der Waals surface area contributed by atoms with E-state index in [9.17, 15) is 13.6 Å². The van der Waals surface area contributed by atoms with Crippen LogP contribution in [-0.4, -0.2) is 37.3 Å². The average Bonchev–Trinajstić information content (AvgIpc) is 3.35. The Hall–Kier alpha value is -2.58. The fraction of sp³-hybridized carbons (Fsp3) is 0.300. The smallest absolute Gasteiger partial charge is 0.263 e. The number of methoxy groups -OCH3 is 1. The van der Waals surface area contributed by atoms with E-state index in [2.05, 4.69) is 4.98 Å². The molecule has 1 atom stereocenters. The minimum atomic E-state index is -0.751. The van der Waals surface area contributed by atoms with Crippen molar-refractivity contribution in [3.8, 4) is 5.75 Å². The van der Waals surface area contributed by atoms with Crippen LogP contribution in [0.4, 0.5) is 13.9 Å². The van der Waals surface area contributed by atoms with Crippen LogP contribution in [0.5, 0.6) is 5.75 Å². The van der Waals surface area contributed by atoms with Crippen molar-refractivity contribution in [3.05, 3.63) is 53.6 Å². The Labute approximate surface area is 164 Å². The molecule has 0 radical (unpaired) electrons. The predicted octanol–water partition coefficient (Wildman–Crippen LogP) is 4.41. The third-order valence-electron chi connectivity index (χ3n) is 4.63. The highest BCUT2D eigenvalue weighted by atomic mass is 32.1. The van der Waals surface area contributed by atoms with Crippen molar-refractivity contribution in [2.45, 2.75) is 18.9 Å². The SMILES string of the molecule is COc1ccccc1C(=O)N(CC1CCCO1)c1nc2c(F)cc(F)cc2s1. The molecule has 5 nitrogen and oxygen atoms in total. The van der Waals surface area contributed by atoms with Crippen molar-refractivity contribution < 1.29 is 23.0 Å². The van der Waals surface area contributed by atoms with Crippen LogP contribution in [0.1, 0.15) is 23.2 Å². The van der Waals surface area contributed by atoms with Gasteiger partial charge in [-0.3, -0.25) is 9.69 Å². The maximum absolute atomic E-state index is 14.1. The Bertz CT molecular complexity index is 1020. The van der Waals surface area contributed by atoms with Gasteiger partial charge in [0, 0.05) is 12.7 Å². The van der Waals surface area contributed by atoms with E-state index >= 15 is 0 Å². The Morgan fingerprint density at radius 1 is 1.36 bits per heavy atom. The number of ether oxygens (including phenoxy) is 2. The number of thiazole rings is 1. The van der Waals surface area contributed by atoms with E-state index in [0.29, 0.717) is 27.8 Å². The molecular formula is C20H18F2N2O3S. The molecule has 1 saturated heterocycles. The molecule has 1 unspecified atom stereocenters. The number of hydrogen-bond donors (Lipinski definition) is 0. The first-order chi connectivity index (χ1) is 13.6. The topological polar surface area (TPSA) is 51.7 Å². The molecule has 3 aromatic rings. The highest BCUT2D eigenvalue weighted by Crippen LogP contribution is 2.33. The zero-order valence-corrected chi connectivity index (χ0v) is 16.0. The lowest BCUT2D eigenvalue weighted by Crippen LogP contribution is -2.37. The molecule has 2 aromatic carbocycles. The molecule has 1 aliphatic heterocycles. The summed E-state index contributed by atoms with van der Waals surface area (Å²) < 4.78 is 39.0. The van der Waals surface area contributed by atoms with E-state index in [4.69, 9.17) is 9.47 Å². The quantitative estimate of drug-likeness (QED) is 0.632. The first-order valence-electron chi connectivity index (χ1n) is 8.89. The first-order valence-corrected chi connectivity index (χ1v) is 9.70. The number of fused-ring (bicyclic) bond motifs is 1. The summed E-state index contributed by atoms with van der Waals surface area (Å²) in [6, 6.07) is 8.89. The van der Waals surface area contributed by atoms with Gasteiger partial charge >= 0.3 is 0 Å². The highest BCUT2D eigenvalue weighted by Gasteiger charge is 2.29. The van der Waals surface area contributed by atoms with Crippen LogP contribution in [0.3, 0.4) is 0 Å². The lowest BCUT2D eigenvalue weighted by Gasteiger charge is -2.23. The van der Waals surface area contributed by atoms with Gasteiger partial charge in [-0.2, -0.15) is 0 Å². The molecule has 0 aliphatic carbocycles. The molecule has 4 rings (SSSR count). The van der Waals surface area contributed by atoms with E-state index in [1.807, 2.05) is 0 Å². The van der Waals surface area contributed by atoms with Crippen molar-refractivity contribution in [1.82, 2.24) is 4.98 Å². The van der Waals surface area contributed by atoms with Gasteiger partial charge in [0.2, 0.25) is 0 Å². The lowest BCUT2D eigenvalue weighted by molar-refractivity contribution is 0.0915. The van der Waals surface area contributed by atoms with Crippen LogP contribution in [-0.2, 0) is 4.74 Å². The first kappa shape index (κ1) is 18.8. The Morgan fingerprint density at radius 2 is 2.18 bits per heavy atom. The third kappa shape index (κ3) is 3.57. The summed E-state index contributed by atoms with van der Waals surface area (Å²) in [6.45, 7) is 0.918. The normalized spacial score (nSPS) is 16.5. The number of carbonyl (C=O) groups excluding carboxylic acids is 1. The highest BCUT2D eigenvalue weighted by molar-refractivity contribution is 7.22. The number of para-hydroxylation sites is 1. The number of benzene rings is 2. The maximum Gasteiger partial charge on any atom is 0.263 e. The zero-order valence-electron chi connectivity index (χ0n) is 15.2. The largest absolute Gasteiger partial charge is 0.496 e. The summed E-state index contributed by atoms with van der Waals surface area (Å²) in [7, 11) is 1.49. The van der Waals surface area contributed by atoms with Gasteiger partial charge in [-0.15, -0.1) is 0 Å². The maximum atomic E-state index is 14.1. The van der Waals surface area contributed by atoms with Crippen LogP contribution in [0.2, 0.25) is 0 Å². The molecule has 8 heteroatoms. The van der Waals surface area contributed by atoms with Gasteiger partial charge in [0.15, 0.2) is 10.9 Å². The van der Waals surface area contributed by atoms with E-state index in [0.717, 1.165) is 30.2 Å².